The Morgan fingerprint density at radius 3 is 1.54 bits per heavy atom. The van der Waals surface area contributed by atoms with E-state index in [0.29, 0.717) is 39.9 Å². The van der Waals surface area contributed by atoms with Crippen LogP contribution in [0.3, 0.4) is 0 Å². The topological polar surface area (TPSA) is 66.4 Å². The van der Waals surface area contributed by atoms with E-state index in [4.69, 9.17) is 23.1 Å². The molecule has 2 aliphatic rings. The molecule has 0 spiro atoms. The molecule has 2 heterocycles. The molecule has 0 aromatic heterocycles. The summed E-state index contributed by atoms with van der Waals surface area (Å²) in [5.41, 5.74) is 3.18. The lowest BCUT2D eigenvalue weighted by atomic mass is 9.98. The molecule has 0 aliphatic carbocycles. The fourth-order valence-corrected chi connectivity index (χ4v) is 19.0. The van der Waals surface area contributed by atoms with E-state index < -0.39 is 53.6 Å². The van der Waals surface area contributed by atoms with Crippen molar-refractivity contribution in [1.82, 2.24) is 0 Å². The molecule has 6 nitrogen and oxygen atoms in total. The summed E-state index contributed by atoms with van der Waals surface area (Å²) in [5, 5.41) is 11.6. The van der Waals surface area contributed by atoms with Gasteiger partial charge in [-0.1, -0.05) is 113 Å². The molecular formula is C31H56O6Si2. The first-order chi connectivity index (χ1) is 18.2. The van der Waals surface area contributed by atoms with E-state index >= 15 is 0 Å². The number of rotatable bonds is 11. The molecule has 224 valence electrons. The SMILES string of the molecule is CC(C)[Si](OC1C(O[Si](C(C)C)(C(C)C)C(C)C)[C@@H](O)OC2COC(c3ccccc3)O[C@@H]21)(C(C)C)C(C)C. The van der Waals surface area contributed by atoms with E-state index in [9.17, 15) is 5.11 Å². The fourth-order valence-electron chi connectivity index (χ4n) is 7.89. The van der Waals surface area contributed by atoms with Crippen LogP contribution in [0.2, 0.25) is 33.2 Å². The molecule has 0 bridgehead atoms. The first-order valence-electron chi connectivity index (χ1n) is 15.2. The summed E-state index contributed by atoms with van der Waals surface area (Å²) in [6.45, 7) is 27.7. The Hall–Kier alpha value is -0.586. The van der Waals surface area contributed by atoms with Gasteiger partial charge in [0.1, 0.15) is 24.4 Å². The average molecular weight is 581 g/mol. The lowest BCUT2D eigenvalue weighted by Crippen LogP contribution is -2.68. The molecule has 1 aromatic rings. The van der Waals surface area contributed by atoms with Gasteiger partial charge in [-0.2, -0.15) is 0 Å². The molecule has 1 N–H and O–H groups in total. The van der Waals surface area contributed by atoms with Gasteiger partial charge in [-0.05, 0) is 33.2 Å². The lowest BCUT2D eigenvalue weighted by molar-refractivity contribution is -0.350. The van der Waals surface area contributed by atoms with Crippen LogP contribution in [0.5, 0.6) is 0 Å². The van der Waals surface area contributed by atoms with Crippen LogP contribution in [0.15, 0.2) is 30.3 Å². The predicted molar refractivity (Wildman–Crippen MR) is 163 cm³/mol. The van der Waals surface area contributed by atoms with Gasteiger partial charge in [0.2, 0.25) is 16.6 Å². The number of fused-ring (bicyclic) bond motifs is 1. The highest BCUT2D eigenvalue weighted by Crippen LogP contribution is 2.49. The molecular weight excluding hydrogens is 525 g/mol. The fraction of sp³-hybridized carbons (Fsp3) is 0.806. The van der Waals surface area contributed by atoms with Crippen molar-refractivity contribution in [3.8, 4) is 0 Å². The molecule has 0 saturated carbocycles. The van der Waals surface area contributed by atoms with Crippen LogP contribution < -0.4 is 0 Å². The van der Waals surface area contributed by atoms with Gasteiger partial charge in [0.05, 0.1) is 6.61 Å². The van der Waals surface area contributed by atoms with Crippen LogP contribution in [0.25, 0.3) is 0 Å². The van der Waals surface area contributed by atoms with Crippen molar-refractivity contribution < 1.29 is 28.2 Å². The van der Waals surface area contributed by atoms with Crippen LogP contribution in [-0.4, -0.2) is 59.1 Å². The van der Waals surface area contributed by atoms with E-state index in [1.807, 2.05) is 30.3 Å². The van der Waals surface area contributed by atoms with Crippen molar-refractivity contribution in [2.45, 2.75) is 153 Å². The minimum atomic E-state index is -2.38. The monoisotopic (exact) mass is 580 g/mol. The number of benzene rings is 1. The summed E-state index contributed by atoms with van der Waals surface area (Å²) >= 11 is 0. The number of ether oxygens (including phenoxy) is 3. The van der Waals surface area contributed by atoms with Gasteiger partial charge in [-0.3, -0.25) is 0 Å². The molecule has 2 aliphatic heterocycles. The number of aliphatic hydroxyl groups is 1. The molecule has 39 heavy (non-hydrogen) atoms. The van der Waals surface area contributed by atoms with Gasteiger partial charge in [-0.25, -0.2) is 0 Å². The maximum Gasteiger partial charge on any atom is 0.201 e. The van der Waals surface area contributed by atoms with E-state index in [1.165, 1.54) is 0 Å². The molecule has 6 atom stereocenters. The minimum Gasteiger partial charge on any atom is -0.408 e. The Morgan fingerprint density at radius 1 is 0.667 bits per heavy atom. The van der Waals surface area contributed by atoms with Crippen LogP contribution in [0.4, 0.5) is 0 Å². The number of hydrogen-bond donors (Lipinski definition) is 1. The first kappa shape index (κ1) is 32.9. The number of hydrogen-bond acceptors (Lipinski definition) is 6. The number of aliphatic hydroxyl groups excluding tert-OH is 1. The quantitative estimate of drug-likeness (QED) is 0.268. The molecule has 1 aromatic carbocycles. The van der Waals surface area contributed by atoms with Crippen LogP contribution in [0.1, 0.15) is 94.9 Å². The molecule has 2 saturated heterocycles. The predicted octanol–water partition coefficient (Wildman–Crippen LogP) is 7.94. The maximum absolute atomic E-state index is 11.6. The second kappa shape index (κ2) is 13.2. The van der Waals surface area contributed by atoms with E-state index in [-0.39, 0.29) is 0 Å². The van der Waals surface area contributed by atoms with Gasteiger partial charge in [0, 0.05) is 5.56 Å². The molecule has 0 amide bonds. The second-order valence-electron chi connectivity index (χ2n) is 13.5. The Kier molecular flexibility index (Phi) is 11.1. The molecule has 3 rings (SSSR count). The summed E-state index contributed by atoms with van der Waals surface area (Å²) in [6.07, 6.45) is -3.58. The van der Waals surface area contributed by atoms with Gasteiger partial charge >= 0.3 is 0 Å². The highest BCUT2D eigenvalue weighted by atomic mass is 28.4. The van der Waals surface area contributed by atoms with Crippen molar-refractivity contribution in [2.24, 2.45) is 0 Å². The van der Waals surface area contributed by atoms with Gasteiger partial charge < -0.3 is 28.2 Å². The summed E-state index contributed by atoms with van der Waals surface area (Å²) in [7, 11) is -4.76. The normalized spacial score (nSPS) is 28.8. The van der Waals surface area contributed by atoms with E-state index in [1.54, 1.807) is 0 Å². The van der Waals surface area contributed by atoms with Gasteiger partial charge in [-0.15, -0.1) is 0 Å². The summed E-state index contributed by atoms with van der Waals surface area (Å²) in [6, 6.07) is 10.0. The molecule has 0 radical (unpaired) electrons. The van der Waals surface area contributed by atoms with Crippen molar-refractivity contribution in [3.63, 3.8) is 0 Å². The Labute approximate surface area is 240 Å². The van der Waals surface area contributed by atoms with E-state index in [0.717, 1.165) is 5.56 Å². The average Bonchev–Trinajstić information content (AvgIpc) is 2.85. The van der Waals surface area contributed by atoms with Gasteiger partial charge in [0.15, 0.2) is 12.6 Å². The lowest BCUT2D eigenvalue weighted by Gasteiger charge is -2.55. The zero-order valence-corrected chi connectivity index (χ0v) is 28.5. The first-order valence-corrected chi connectivity index (χ1v) is 19.5. The largest absolute Gasteiger partial charge is 0.408 e. The standard InChI is InChI=1S/C31H56O6Si2/c1-19(2)38(20(3)4,21(5)6)36-28-27-26(18-33-31(35-27)25-16-14-13-15-17-25)34-30(32)29(28)37-39(22(7)8,23(9)10)24(11)12/h13-17,19-24,26-32H,18H2,1-12H3/t26?,27-,28?,29?,30-,31?/m0/s1. The Morgan fingerprint density at radius 2 is 1.10 bits per heavy atom. The van der Waals surface area contributed by atoms with Crippen LogP contribution >= 0.6 is 0 Å². The van der Waals surface area contributed by atoms with Crippen molar-refractivity contribution in [3.05, 3.63) is 35.9 Å². The Balaban J connectivity index is 2.13. The third-order valence-electron chi connectivity index (χ3n) is 9.47. The second-order valence-corrected chi connectivity index (χ2v) is 24.4. The van der Waals surface area contributed by atoms with Crippen LogP contribution in [-0.2, 0) is 23.1 Å². The van der Waals surface area contributed by atoms with Crippen LogP contribution in [0, 0.1) is 0 Å². The smallest absolute Gasteiger partial charge is 0.201 e. The zero-order chi connectivity index (χ0) is 29.3. The van der Waals surface area contributed by atoms with Gasteiger partial charge in [0.25, 0.3) is 0 Å². The van der Waals surface area contributed by atoms with E-state index in [2.05, 4.69) is 83.1 Å². The maximum atomic E-state index is 11.6. The summed E-state index contributed by atoms with van der Waals surface area (Å²) < 4.78 is 33.9. The molecule has 8 heteroatoms. The summed E-state index contributed by atoms with van der Waals surface area (Å²) in [5.74, 6) is 0. The zero-order valence-electron chi connectivity index (χ0n) is 26.5. The summed E-state index contributed by atoms with van der Waals surface area (Å²) in [4.78, 5) is 0. The third kappa shape index (κ3) is 6.28. The highest BCUT2D eigenvalue weighted by molar-refractivity contribution is 6.78. The van der Waals surface area contributed by atoms with Crippen molar-refractivity contribution in [1.29, 1.82) is 0 Å². The third-order valence-corrected chi connectivity index (χ3v) is 21.7. The Bertz CT molecular complexity index is 847. The highest BCUT2D eigenvalue weighted by Gasteiger charge is 2.58. The molecule has 2 fully saturated rings. The minimum absolute atomic E-state index is 0.328. The van der Waals surface area contributed by atoms with Crippen molar-refractivity contribution >= 4 is 16.6 Å². The van der Waals surface area contributed by atoms with Crippen molar-refractivity contribution in [2.75, 3.05) is 6.61 Å². The molecule has 4 unspecified atom stereocenters.